The summed E-state index contributed by atoms with van der Waals surface area (Å²) in [6.07, 6.45) is 1.39. The Morgan fingerprint density at radius 3 is 2.14 bits per heavy atom. The zero-order chi connectivity index (χ0) is 14.3. The first-order valence-corrected chi connectivity index (χ1v) is 7.45. The van der Waals surface area contributed by atoms with Crippen LogP contribution in [-0.2, 0) is 10.1 Å². The van der Waals surface area contributed by atoms with Crippen LogP contribution >= 0.6 is 0 Å². The van der Waals surface area contributed by atoms with Crippen molar-refractivity contribution in [2.75, 3.05) is 0 Å². The Bertz CT molecular complexity index is 946. The summed E-state index contributed by atoms with van der Waals surface area (Å²) in [4.78, 5) is -0.198. The van der Waals surface area contributed by atoms with E-state index in [0.29, 0.717) is 10.9 Å². The van der Waals surface area contributed by atoms with Gasteiger partial charge in [0.05, 0.1) is 4.90 Å². The van der Waals surface area contributed by atoms with Crippen molar-refractivity contribution in [1.82, 2.24) is 0 Å². The molecule has 0 N–H and O–H groups in total. The largest absolute Gasteiger partial charge is 1.00 e. The van der Waals surface area contributed by atoms with Crippen molar-refractivity contribution in [1.29, 1.82) is 0 Å². The zero-order valence-corrected chi connectivity index (χ0v) is 17.3. The van der Waals surface area contributed by atoms with Crippen LogP contribution in [0.15, 0.2) is 60.0 Å². The number of rotatable bonds is 2. The first kappa shape index (κ1) is 17.0. The van der Waals surface area contributed by atoms with Crippen LogP contribution in [0.5, 0.6) is 0 Å². The van der Waals surface area contributed by atoms with Gasteiger partial charge in [0.2, 0.25) is 0 Å². The third-order valence-electron chi connectivity index (χ3n) is 3.34. The molecule has 3 rings (SSSR count). The maximum atomic E-state index is 11.6. The van der Waals surface area contributed by atoms with Gasteiger partial charge in [-0.25, -0.2) is 8.42 Å². The maximum absolute atomic E-state index is 11.6. The Hall–Kier alpha value is -0.365. The first-order valence-electron chi connectivity index (χ1n) is 6.04. The molecule has 0 fully saturated rings. The smallest absolute Gasteiger partial charge is 0.744 e. The monoisotopic (exact) mass is 368 g/mol. The fraction of sp³-hybridized carbons (Fsp3) is 0. The first-order chi connectivity index (χ1) is 9.50. The second-order valence-corrected chi connectivity index (χ2v) is 5.88. The molecular weight excluding hydrogens is 358 g/mol. The van der Waals surface area contributed by atoms with E-state index < -0.39 is 10.1 Å². The van der Waals surface area contributed by atoms with Crippen molar-refractivity contribution in [3.8, 4) is 0 Å². The van der Waals surface area contributed by atoms with Crippen LogP contribution in [0.4, 0.5) is 0 Å². The standard InChI is InChI=1S/C16H12O3S.Rb/c1-2-11-7-8-14-9-12-5-3-4-6-13(12)10-15(14)16(11)20(17,18)19;/h2-10H,1H2,(H,17,18,19);/q;+1/p-1. The minimum Gasteiger partial charge on any atom is -0.744 e. The molecule has 21 heavy (non-hydrogen) atoms. The molecule has 0 radical (unpaired) electrons. The molecule has 0 heterocycles. The molecule has 0 aliphatic rings. The van der Waals surface area contributed by atoms with Gasteiger partial charge in [0, 0.05) is 5.39 Å². The average Bonchev–Trinajstić information content (AvgIpc) is 2.42. The number of benzene rings is 3. The summed E-state index contributed by atoms with van der Waals surface area (Å²) < 4.78 is 34.7. The van der Waals surface area contributed by atoms with E-state index in [2.05, 4.69) is 6.58 Å². The summed E-state index contributed by atoms with van der Waals surface area (Å²) in [5.74, 6) is 0. The fourth-order valence-electron chi connectivity index (χ4n) is 2.44. The Morgan fingerprint density at radius 1 is 0.952 bits per heavy atom. The van der Waals surface area contributed by atoms with Gasteiger partial charge >= 0.3 is 58.2 Å². The van der Waals surface area contributed by atoms with E-state index in [1.54, 1.807) is 18.2 Å². The summed E-state index contributed by atoms with van der Waals surface area (Å²) in [6, 6.07) is 14.6. The number of hydrogen-bond donors (Lipinski definition) is 0. The minimum atomic E-state index is -4.56. The predicted octanol–water partition coefficient (Wildman–Crippen LogP) is 0.544. The molecule has 0 aromatic heterocycles. The van der Waals surface area contributed by atoms with Crippen LogP contribution in [-0.4, -0.2) is 13.0 Å². The zero-order valence-electron chi connectivity index (χ0n) is 11.5. The quantitative estimate of drug-likeness (QED) is 0.490. The van der Waals surface area contributed by atoms with Crippen LogP contribution in [0.1, 0.15) is 5.56 Å². The maximum Gasteiger partial charge on any atom is 1.00 e. The normalized spacial score (nSPS) is 11.3. The molecule has 0 amide bonds. The molecule has 5 heteroatoms. The van der Waals surface area contributed by atoms with Crippen molar-refractivity contribution >= 4 is 37.7 Å². The molecule has 0 saturated heterocycles. The van der Waals surface area contributed by atoms with Crippen molar-refractivity contribution in [2.24, 2.45) is 0 Å². The summed E-state index contributed by atoms with van der Waals surface area (Å²) >= 11 is 0. The van der Waals surface area contributed by atoms with Gasteiger partial charge < -0.3 is 4.55 Å². The summed E-state index contributed by atoms with van der Waals surface area (Å²) in [5.41, 5.74) is 0.336. The molecule has 100 valence electrons. The van der Waals surface area contributed by atoms with Crippen LogP contribution in [0, 0.1) is 0 Å². The third-order valence-corrected chi connectivity index (χ3v) is 4.29. The topological polar surface area (TPSA) is 57.2 Å². The van der Waals surface area contributed by atoms with Gasteiger partial charge in [-0.3, -0.25) is 0 Å². The average molecular weight is 369 g/mol. The van der Waals surface area contributed by atoms with Crippen molar-refractivity contribution in [3.63, 3.8) is 0 Å². The molecule has 0 spiro atoms. The second kappa shape index (κ2) is 6.40. The van der Waals surface area contributed by atoms with Crippen LogP contribution in [0.25, 0.3) is 27.6 Å². The Labute approximate surface area is 172 Å². The molecule has 3 aromatic rings. The molecule has 0 saturated carbocycles. The van der Waals surface area contributed by atoms with Gasteiger partial charge in [-0.05, 0) is 33.9 Å². The molecular formula is C16H11O3RbS. The van der Waals surface area contributed by atoms with Crippen molar-refractivity contribution in [2.45, 2.75) is 4.90 Å². The fourth-order valence-corrected chi connectivity index (χ4v) is 3.33. The second-order valence-electron chi connectivity index (χ2n) is 4.56. The molecule has 0 bridgehead atoms. The molecule has 0 aliphatic heterocycles. The van der Waals surface area contributed by atoms with Crippen LogP contribution < -0.4 is 58.2 Å². The van der Waals surface area contributed by atoms with Crippen LogP contribution in [0.2, 0.25) is 0 Å². The van der Waals surface area contributed by atoms with E-state index >= 15 is 0 Å². The van der Waals surface area contributed by atoms with E-state index in [1.165, 1.54) is 6.08 Å². The minimum absolute atomic E-state index is 0. The van der Waals surface area contributed by atoms with Gasteiger partial charge in [-0.15, -0.1) is 0 Å². The van der Waals surface area contributed by atoms with Gasteiger partial charge in [-0.1, -0.05) is 49.1 Å². The van der Waals surface area contributed by atoms with E-state index in [4.69, 9.17) is 0 Å². The van der Waals surface area contributed by atoms with Crippen molar-refractivity contribution in [3.05, 3.63) is 60.7 Å². The van der Waals surface area contributed by atoms with Gasteiger partial charge in [-0.2, -0.15) is 0 Å². The van der Waals surface area contributed by atoms with Crippen molar-refractivity contribution < 1.29 is 71.2 Å². The molecule has 3 nitrogen and oxygen atoms in total. The van der Waals surface area contributed by atoms with E-state index in [-0.39, 0.29) is 63.1 Å². The van der Waals surface area contributed by atoms with Gasteiger partial charge in [0.1, 0.15) is 10.1 Å². The molecule has 0 unspecified atom stereocenters. The Morgan fingerprint density at radius 2 is 1.57 bits per heavy atom. The number of hydrogen-bond acceptors (Lipinski definition) is 3. The molecule has 3 aromatic carbocycles. The SMILES string of the molecule is C=Cc1ccc2cc3ccccc3cc2c1S(=O)(=O)[O-].[Rb+]. The van der Waals surface area contributed by atoms with Gasteiger partial charge in [0.15, 0.2) is 0 Å². The predicted molar refractivity (Wildman–Crippen MR) is 79.5 cm³/mol. The Balaban J connectivity index is 0.00000161. The third kappa shape index (κ3) is 3.21. The summed E-state index contributed by atoms with van der Waals surface area (Å²) in [7, 11) is -4.56. The Kier molecular flexibility index (Phi) is 5.18. The summed E-state index contributed by atoms with van der Waals surface area (Å²) in [6.45, 7) is 3.57. The number of fused-ring (bicyclic) bond motifs is 2. The van der Waals surface area contributed by atoms with Gasteiger partial charge in [0.25, 0.3) is 0 Å². The molecule has 0 atom stereocenters. The van der Waals surface area contributed by atoms with E-state index in [0.717, 1.165) is 16.2 Å². The summed E-state index contributed by atoms with van der Waals surface area (Å²) in [5, 5.41) is 3.06. The van der Waals surface area contributed by atoms with Crippen LogP contribution in [0.3, 0.4) is 0 Å². The molecule has 0 aliphatic carbocycles. The van der Waals surface area contributed by atoms with E-state index in [1.807, 2.05) is 30.3 Å². The van der Waals surface area contributed by atoms with E-state index in [9.17, 15) is 13.0 Å².